The van der Waals surface area contributed by atoms with Crippen LogP contribution in [-0.2, 0) is 0 Å². The van der Waals surface area contributed by atoms with Crippen molar-refractivity contribution >= 4 is 12.0 Å². The van der Waals surface area contributed by atoms with E-state index in [1.165, 1.54) is 0 Å². The van der Waals surface area contributed by atoms with Crippen molar-refractivity contribution in [2.24, 2.45) is 0 Å². The number of anilines is 1. The SMILES string of the molecule is CCCNC(=O)N1CC(Nc2ncccn2)C1. The standard InChI is InChI=1S/C11H17N5O/c1-2-4-14-11(17)16-7-9(8-16)15-10-12-5-3-6-13-10/h3,5-6,9H,2,4,7-8H2,1H3,(H,14,17)(H,12,13,15). The molecule has 0 aliphatic carbocycles. The van der Waals surface area contributed by atoms with Gasteiger partial charge in [0.1, 0.15) is 0 Å². The third-order valence-electron chi connectivity index (χ3n) is 2.59. The molecule has 0 bridgehead atoms. The normalized spacial score (nSPS) is 15.2. The number of nitrogens with zero attached hydrogens (tertiary/aromatic N) is 3. The second kappa shape index (κ2) is 5.47. The average molecular weight is 235 g/mol. The number of aromatic nitrogens is 2. The molecule has 0 unspecified atom stereocenters. The predicted molar refractivity (Wildman–Crippen MR) is 64.7 cm³/mol. The van der Waals surface area contributed by atoms with Crippen LogP contribution in [0.2, 0.25) is 0 Å². The van der Waals surface area contributed by atoms with Gasteiger partial charge in [-0.15, -0.1) is 0 Å². The minimum absolute atomic E-state index is 0.0129. The third-order valence-corrected chi connectivity index (χ3v) is 2.59. The van der Waals surface area contributed by atoms with Gasteiger partial charge in [-0.05, 0) is 12.5 Å². The highest BCUT2D eigenvalue weighted by atomic mass is 16.2. The summed E-state index contributed by atoms with van der Waals surface area (Å²) in [6, 6.07) is 2.04. The van der Waals surface area contributed by atoms with Crippen molar-refractivity contribution in [1.29, 1.82) is 0 Å². The third kappa shape index (κ3) is 3.05. The Labute approximate surface area is 100 Å². The zero-order chi connectivity index (χ0) is 12.1. The van der Waals surface area contributed by atoms with Crippen molar-refractivity contribution in [2.75, 3.05) is 25.0 Å². The van der Waals surface area contributed by atoms with Gasteiger partial charge in [0.2, 0.25) is 5.95 Å². The Morgan fingerprint density at radius 2 is 2.18 bits per heavy atom. The van der Waals surface area contributed by atoms with Crippen molar-refractivity contribution < 1.29 is 4.79 Å². The second-order valence-electron chi connectivity index (χ2n) is 4.05. The summed E-state index contributed by atoms with van der Waals surface area (Å²) in [6.45, 7) is 4.17. The molecular weight excluding hydrogens is 218 g/mol. The summed E-state index contributed by atoms with van der Waals surface area (Å²) < 4.78 is 0. The van der Waals surface area contributed by atoms with Gasteiger partial charge in [-0.25, -0.2) is 14.8 Å². The highest BCUT2D eigenvalue weighted by Gasteiger charge is 2.30. The van der Waals surface area contributed by atoms with Crippen LogP contribution < -0.4 is 10.6 Å². The molecule has 1 aliphatic heterocycles. The fourth-order valence-corrected chi connectivity index (χ4v) is 1.64. The molecule has 0 saturated carbocycles. The van der Waals surface area contributed by atoms with E-state index >= 15 is 0 Å². The molecule has 0 radical (unpaired) electrons. The number of amides is 2. The van der Waals surface area contributed by atoms with Crippen LogP contribution in [0, 0.1) is 0 Å². The number of hydrogen-bond acceptors (Lipinski definition) is 4. The number of carbonyl (C=O) groups is 1. The first kappa shape index (κ1) is 11.6. The Morgan fingerprint density at radius 3 is 2.82 bits per heavy atom. The van der Waals surface area contributed by atoms with E-state index < -0.39 is 0 Å². The monoisotopic (exact) mass is 235 g/mol. The zero-order valence-corrected chi connectivity index (χ0v) is 9.89. The van der Waals surface area contributed by atoms with Gasteiger partial charge in [-0.2, -0.15) is 0 Å². The fourth-order valence-electron chi connectivity index (χ4n) is 1.64. The summed E-state index contributed by atoms with van der Waals surface area (Å²) in [6.07, 6.45) is 4.35. The number of urea groups is 1. The van der Waals surface area contributed by atoms with Crippen molar-refractivity contribution in [2.45, 2.75) is 19.4 Å². The molecule has 1 aromatic rings. The molecule has 1 saturated heterocycles. The van der Waals surface area contributed by atoms with Crippen LogP contribution in [0.25, 0.3) is 0 Å². The minimum atomic E-state index is 0.0129. The number of hydrogen-bond donors (Lipinski definition) is 2. The molecule has 6 nitrogen and oxygen atoms in total. The van der Waals surface area contributed by atoms with E-state index in [1.807, 2.05) is 6.92 Å². The molecule has 17 heavy (non-hydrogen) atoms. The molecule has 0 spiro atoms. The van der Waals surface area contributed by atoms with E-state index in [9.17, 15) is 4.79 Å². The van der Waals surface area contributed by atoms with E-state index in [2.05, 4.69) is 20.6 Å². The summed E-state index contributed by atoms with van der Waals surface area (Å²) in [4.78, 5) is 21.5. The highest BCUT2D eigenvalue weighted by molar-refractivity contribution is 5.75. The maximum Gasteiger partial charge on any atom is 0.317 e. The number of carbonyl (C=O) groups excluding carboxylic acids is 1. The van der Waals surface area contributed by atoms with E-state index in [4.69, 9.17) is 0 Å². The van der Waals surface area contributed by atoms with Crippen LogP contribution in [0.1, 0.15) is 13.3 Å². The largest absolute Gasteiger partial charge is 0.348 e. The van der Waals surface area contributed by atoms with Crippen molar-refractivity contribution in [1.82, 2.24) is 20.2 Å². The van der Waals surface area contributed by atoms with Gasteiger partial charge in [0, 0.05) is 32.0 Å². The summed E-state index contributed by atoms with van der Waals surface area (Å²) in [7, 11) is 0. The van der Waals surface area contributed by atoms with Gasteiger partial charge in [0.15, 0.2) is 0 Å². The van der Waals surface area contributed by atoms with E-state index in [-0.39, 0.29) is 12.1 Å². The lowest BCUT2D eigenvalue weighted by Gasteiger charge is -2.39. The van der Waals surface area contributed by atoms with Crippen LogP contribution in [-0.4, -0.2) is 46.6 Å². The van der Waals surface area contributed by atoms with Gasteiger partial charge >= 0.3 is 6.03 Å². The van der Waals surface area contributed by atoms with E-state index in [1.54, 1.807) is 23.4 Å². The van der Waals surface area contributed by atoms with Crippen LogP contribution >= 0.6 is 0 Å². The van der Waals surface area contributed by atoms with Crippen LogP contribution in [0.4, 0.5) is 10.7 Å². The van der Waals surface area contributed by atoms with Crippen molar-refractivity contribution in [3.05, 3.63) is 18.5 Å². The Kier molecular flexibility index (Phi) is 3.74. The maximum atomic E-state index is 11.5. The summed E-state index contributed by atoms with van der Waals surface area (Å²) >= 11 is 0. The van der Waals surface area contributed by atoms with Crippen LogP contribution in [0.5, 0.6) is 0 Å². The molecule has 1 aromatic heterocycles. The second-order valence-corrected chi connectivity index (χ2v) is 4.05. The zero-order valence-electron chi connectivity index (χ0n) is 9.89. The molecule has 0 atom stereocenters. The quantitative estimate of drug-likeness (QED) is 0.805. The first-order valence-corrected chi connectivity index (χ1v) is 5.86. The molecule has 0 aromatic carbocycles. The first-order chi connectivity index (χ1) is 8.29. The summed E-state index contributed by atoms with van der Waals surface area (Å²) in [5, 5.41) is 6.02. The van der Waals surface area contributed by atoms with Crippen molar-refractivity contribution in [3.8, 4) is 0 Å². The van der Waals surface area contributed by atoms with Gasteiger partial charge in [-0.1, -0.05) is 6.92 Å². The molecular formula is C11H17N5O. The number of nitrogens with one attached hydrogen (secondary N) is 2. The van der Waals surface area contributed by atoms with E-state index in [0.29, 0.717) is 19.0 Å². The number of likely N-dealkylation sites (tertiary alicyclic amines) is 1. The van der Waals surface area contributed by atoms with Crippen LogP contribution in [0.3, 0.4) is 0 Å². The smallest absolute Gasteiger partial charge is 0.317 e. The Balaban J connectivity index is 1.70. The molecule has 6 heteroatoms. The Hall–Kier alpha value is -1.85. The fraction of sp³-hybridized carbons (Fsp3) is 0.545. The summed E-state index contributed by atoms with van der Waals surface area (Å²) in [5.74, 6) is 0.617. The topological polar surface area (TPSA) is 70.2 Å². The minimum Gasteiger partial charge on any atom is -0.348 e. The molecule has 2 heterocycles. The Bertz CT molecular complexity index is 363. The lowest BCUT2D eigenvalue weighted by molar-refractivity contribution is 0.158. The maximum absolute atomic E-state index is 11.5. The van der Waals surface area contributed by atoms with Crippen molar-refractivity contribution in [3.63, 3.8) is 0 Å². The first-order valence-electron chi connectivity index (χ1n) is 5.86. The van der Waals surface area contributed by atoms with Crippen LogP contribution in [0.15, 0.2) is 18.5 Å². The Morgan fingerprint density at radius 1 is 1.47 bits per heavy atom. The van der Waals surface area contributed by atoms with Gasteiger partial charge in [0.25, 0.3) is 0 Å². The van der Waals surface area contributed by atoms with Gasteiger partial charge in [0.05, 0.1) is 6.04 Å². The number of rotatable bonds is 4. The lowest BCUT2D eigenvalue weighted by atomic mass is 10.1. The molecule has 2 amide bonds. The molecule has 2 N–H and O–H groups in total. The van der Waals surface area contributed by atoms with Gasteiger partial charge < -0.3 is 15.5 Å². The average Bonchev–Trinajstić information content (AvgIpc) is 2.31. The lowest BCUT2D eigenvalue weighted by Crippen LogP contribution is -2.59. The highest BCUT2D eigenvalue weighted by Crippen LogP contribution is 2.11. The van der Waals surface area contributed by atoms with E-state index in [0.717, 1.165) is 13.0 Å². The molecule has 92 valence electrons. The molecule has 1 aliphatic rings. The van der Waals surface area contributed by atoms with Gasteiger partial charge in [-0.3, -0.25) is 0 Å². The molecule has 1 fully saturated rings. The predicted octanol–water partition coefficient (Wildman–Crippen LogP) is 0.692. The molecule has 2 rings (SSSR count). The summed E-state index contributed by atoms with van der Waals surface area (Å²) in [5.41, 5.74) is 0.